The molecule has 2 aromatic carbocycles. The van der Waals surface area contributed by atoms with E-state index in [1.807, 2.05) is 56.3 Å². The Bertz CT molecular complexity index is 1170. The largest absolute Gasteiger partial charge is 0.492 e. The lowest BCUT2D eigenvalue weighted by Gasteiger charge is -2.07. The zero-order valence-electron chi connectivity index (χ0n) is 15.3. The molecule has 4 aromatic rings. The van der Waals surface area contributed by atoms with Crippen molar-refractivity contribution in [1.82, 2.24) is 14.8 Å². The summed E-state index contributed by atoms with van der Waals surface area (Å²) >= 11 is 4.91. The number of carbonyl (C=O) groups excluding carboxylic acids is 1. The second-order valence-electron chi connectivity index (χ2n) is 6.05. The zero-order chi connectivity index (χ0) is 19.7. The summed E-state index contributed by atoms with van der Waals surface area (Å²) in [5, 5.41) is 8.12. The summed E-state index contributed by atoms with van der Waals surface area (Å²) in [7, 11) is 0. The van der Waals surface area contributed by atoms with Crippen molar-refractivity contribution in [2.24, 2.45) is 0 Å². The van der Waals surface area contributed by atoms with Crippen LogP contribution >= 0.6 is 27.3 Å². The van der Waals surface area contributed by atoms with E-state index in [1.54, 1.807) is 10.7 Å². The van der Waals surface area contributed by atoms with Gasteiger partial charge in [0, 0.05) is 10.5 Å². The third-order valence-corrected chi connectivity index (χ3v) is 5.73. The number of hydrogen-bond donors (Lipinski definition) is 1. The highest BCUT2D eigenvalue weighted by atomic mass is 79.9. The molecule has 0 aliphatic rings. The number of anilines is 1. The van der Waals surface area contributed by atoms with Crippen molar-refractivity contribution < 1.29 is 9.53 Å². The van der Waals surface area contributed by atoms with E-state index in [0.717, 1.165) is 26.1 Å². The van der Waals surface area contributed by atoms with Gasteiger partial charge in [-0.1, -0.05) is 29.5 Å². The van der Waals surface area contributed by atoms with Gasteiger partial charge in [-0.3, -0.25) is 4.79 Å². The Hall–Kier alpha value is -2.71. The van der Waals surface area contributed by atoms with Crippen molar-refractivity contribution >= 4 is 49.2 Å². The SMILES string of the molecule is CCOc1cccc2sc(-n3nc(C)cc3NC(=O)c3ccccc3Br)nc12. The molecule has 0 aliphatic carbocycles. The van der Waals surface area contributed by atoms with Crippen LogP contribution in [0.1, 0.15) is 23.0 Å². The van der Waals surface area contributed by atoms with E-state index in [9.17, 15) is 4.79 Å². The predicted octanol–water partition coefficient (Wildman–Crippen LogP) is 5.20. The predicted molar refractivity (Wildman–Crippen MR) is 115 cm³/mol. The van der Waals surface area contributed by atoms with Crippen molar-refractivity contribution in [1.29, 1.82) is 0 Å². The molecule has 0 atom stereocenters. The topological polar surface area (TPSA) is 69.0 Å². The summed E-state index contributed by atoms with van der Waals surface area (Å²) in [6, 6.07) is 15.0. The van der Waals surface area contributed by atoms with Gasteiger partial charge in [0.2, 0.25) is 5.13 Å². The number of nitrogens with one attached hydrogen (secondary N) is 1. The number of carbonyl (C=O) groups is 1. The molecule has 0 fully saturated rings. The lowest BCUT2D eigenvalue weighted by molar-refractivity contribution is 0.102. The second-order valence-corrected chi connectivity index (χ2v) is 7.91. The number of nitrogens with zero attached hydrogens (tertiary/aromatic N) is 3. The fourth-order valence-electron chi connectivity index (χ4n) is 2.84. The monoisotopic (exact) mass is 456 g/mol. The average Bonchev–Trinajstić information content (AvgIpc) is 3.26. The Morgan fingerprint density at radius 1 is 1.25 bits per heavy atom. The van der Waals surface area contributed by atoms with Gasteiger partial charge in [0.25, 0.3) is 5.91 Å². The van der Waals surface area contributed by atoms with E-state index in [1.165, 1.54) is 11.3 Å². The lowest BCUT2D eigenvalue weighted by Crippen LogP contribution is -2.15. The number of rotatable bonds is 5. The molecule has 8 heteroatoms. The summed E-state index contributed by atoms with van der Waals surface area (Å²) < 4.78 is 9.07. The van der Waals surface area contributed by atoms with Crippen molar-refractivity contribution in [3.05, 3.63) is 64.3 Å². The van der Waals surface area contributed by atoms with Crippen LogP contribution in [0.15, 0.2) is 53.0 Å². The molecule has 0 saturated heterocycles. The van der Waals surface area contributed by atoms with Gasteiger partial charge >= 0.3 is 0 Å². The van der Waals surface area contributed by atoms with Crippen LogP contribution in [-0.2, 0) is 0 Å². The number of benzene rings is 2. The van der Waals surface area contributed by atoms with E-state index in [4.69, 9.17) is 9.72 Å². The Morgan fingerprint density at radius 2 is 2.07 bits per heavy atom. The zero-order valence-corrected chi connectivity index (χ0v) is 17.7. The molecule has 0 unspecified atom stereocenters. The van der Waals surface area contributed by atoms with Crippen LogP contribution in [0.25, 0.3) is 15.3 Å². The van der Waals surface area contributed by atoms with Gasteiger partial charge in [-0.25, -0.2) is 4.98 Å². The first-order valence-corrected chi connectivity index (χ1v) is 10.3. The highest BCUT2D eigenvalue weighted by molar-refractivity contribution is 9.10. The van der Waals surface area contributed by atoms with E-state index in [2.05, 4.69) is 26.3 Å². The van der Waals surface area contributed by atoms with Crippen LogP contribution < -0.4 is 10.1 Å². The maximum atomic E-state index is 12.7. The van der Waals surface area contributed by atoms with Gasteiger partial charge in [-0.2, -0.15) is 9.78 Å². The molecule has 2 heterocycles. The Morgan fingerprint density at radius 3 is 2.86 bits per heavy atom. The van der Waals surface area contributed by atoms with Gasteiger partial charge in [0.15, 0.2) is 0 Å². The molecular formula is C20H17BrN4O2S. The number of hydrogen-bond acceptors (Lipinski definition) is 5. The smallest absolute Gasteiger partial charge is 0.257 e. The van der Waals surface area contributed by atoms with Crippen LogP contribution in [0.2, 0.25) is 0 Å². The van der Waals surface area contributed by atoms with E-state index in [-0.39, 0.29) is 5.91 Å². The number of halogens is 1. The summed E-state index contributed by atoms with van der Waals surface area (Å²) in [5.41, 5.74) is 2.13. The first-order chi connectivity index (χ1) is 13.6. The number of para-hydroxylation sites is 1. The highest BCUT2D eigenvalue weighted by Gasteiger charge is 2.17. The van der Waals surface area contributed by atoms with Gasteiger partial charge < -0.3 is 10.1 Å². The average molecular weight is 457 g/mol. The fourth-order valence-corrected chi connectivity index (χ4v) is 4.25. The molecular weight excluding hydrogens is 440 g/mol. The molecule has 1 amide bonds. The molecule has 4 rings (SSSR count). The molecule has 0 spiro atoms. The third kappa shape index (κ3) is 3.53. The first-order valence-electron chi connectivity index (χ1n) is 8.72. The van der Waals surface area contributed by atoms with Crippen molar-refractivity contribution in [2.45, 2.75) is 13.8 Å². The second kappa shape index (κ2) is 7.73. The molecule has 0 radical (unpaired) electrons. The molecule has 6 nitrogen and oxygen atoms in total. The maximum absolute atomic E-state index is 12.7. The minimum atomic E-state index is -0.218. The number of aryl methyl sites for hydroxylation is 1. The molecule has 2 aromatic heterocycles. The van der Waals surface area contributed by atoms with E-state index < -0.39 is 0 Å². The van der Waals surface area contributed by atoms with Gasteiger partial charge in [-0.05, 0) is 54.0 Å². The van der Waals surface area contributed by atoms with E-state index >= 15 is 0 Å². The summed E-state index contributed by atoms with van der Waals surface area (Å²) in [4.78, 5) is 17.4. The first kappa shape index (κ1) is 18.6. The lowest BCUT2D eigenvalue weighted by atomic mass is 10.2. The maximum Gasteiger partial charge on any atom is 0.257 e. The standard InChI is InChI=1S/C20H17BrN4O2S/c1-3-27-15-9-6-10-16-18(15)23-20(28-16)25-17(11-12(2)24-25)22-19(26)13-7-4-5-8-14(13)21/h4-11H,3H2,1-2H3,(H,22,26). The van der Waals surface area contributed by atoms with Crippen LogP contribution in [0.5, 0.6) is 5.75 Å². The van der Waals surface area contributed by atoms with Crippen LogP contribution in [0.4, 0.5) is 5.82 Å². The Balaban J connectivity index is 1.72. The molecule has 142 valence electrons. The third-order valence-electron chi connectivity index (χ3n) is 4.04. The Labute approximate surface area is 174 Å². The van der Waals surface area contributed by atoms with Crippen LogP contribution in [0, 0.1) is 6.92 Å². The number of amides is 1. The number of fused-ring (bicyclic) bond motifs is 1. The number of thiazole rings is 1. The number of ether oxygens (including phenoxy) is 1. The Kier molecular flexibility index (Phi) is 5.15. The van der Waals surface area contributed by atoms with E-state index in [0.29, 0.717) is 23.1 Å². The molecule has 0 bridgehead atoms. The minimum absolute atomic E-state index is 0.218. The van der Waals surface area contributed by atoms with Gasteiger partial charge in [-0.15, -0.1) is 0 Å². The normalized spacial score (nSPS) is 11.0. The summed E-state index contributed by atoms with van der Waals surface area (Å²) in [6.45, 7) is 4.39. The molecule has 0 aliphatic heterocycles. The van der Waals surface area contributed by atoms with Crippen molar-refractivity contribution in [3.8, 4) is 10.9 Å². The molecule has 1 N–H and O–H groups in total. The van der Waals surface area contributed by atoms with Gasteiger partial charge in [0.1, 0.15) is 17.1 Å². The summed E-state index contributed by atoms with van der Waals surface area (Å²) in [5.74, 6) is 1.09. The van der Waals surface area contributed by atoms with Crippen LogP contribution in [0.3, 0.4) is 0 Å². The quantitative estimate of drug-likeness (QED) is 0.447. The fraction of sp³-hybridized carbons (Fsp3) is 0.150. The van der Waals surface area contributed by atoms with Crippen molar-refractivity contribution in [3.63, 3.8) is 0 Å². The minimum Gasteiger partial charge on any atom is -0.492 e. The number of aromatic nitrogens is 3. The van der Waals surface area contributed by atoms with Crippen molar-refractivity contribution in [2.75, 3.05) is 11.9 Å². The van der Waals surface area contributed by atoms with Crippen LogP contribution in [-0.4, -0.2) is 27.3 Å². The molecule has 0 saturated carbocycles. The molecule has 28 heavy (non-hydrogen) atoms. The summed E-state index contributed by atoms with van der Waals surface area (Å²) in [6.07, 6.45) is 0. The highest BCUT2D eigenvalue weighted by Crippen LogP contribution is 2.33. The van der Waals surface area contributed by atoms with Gasteiger partial charge in [0.05, 0.1) is 22.6 Å².